The number of aliphatic hydroxyl groups is 1. The van der Waals surface area contributed by atoms with Gasteiger partial charge < -0.3 is 19.3 Å². The Morgan fingerprint density at radius 1 is 1.09 bits per heavy atom. The number of hydrogen-bond acceptors (Lipinski definition) is 4. The summed E-state index contributed by atoms with van der Waals surface area (Å²) in [6.45, 7) is 3.03. The van der Waals surface area contributed by atoms with E-state index >= 15 is 0 Å². The van der Waals surface area contributed by atoms with Crippen LogP contribution in [0.25, 0.3) is 11.0 Å². The van der Waals surface area contributed by atoms with E-state index in [4.69, 9.17) is 21.3 Å². The van der Waals surface area contributed by atoms with Crippen LogP contribution in [0.15, 0.2) is 72.8 Å². The van der Waals surface area contributed by atoms with Crippen LogP contribution in [-0.4, -0.2) is 39.8 Å². The smallest absolute Gasteiger partial charge is 0.227 e. The molecule has 2 atom stereocenters. The first-order chi connectivity index (χ1) is 16.5. The van der Waals surface area contributed by atoms with E-state index in [1.54, 1.807) is 24.3 Å². The first-order valence-corrected chi connectivity index (χ1v) is 11.7. The van der Waals surface area contributed by atoms with Gasteiger partial charge in [0.05, 0.1) is 17.6 Å². The van der Waals surface area contributed by atoms with Crippen molar-refractivity contribution in [2.24, 2.45) is 0 Å². The Bertz CT molecular complexity index is 1320. The molecule has 3 aromatic carbocycles. The number of aryl methyl sites for hydroxylation is 1. The summed E-state index contributed by atoms with van der Waals surface area (Å²) in [7, 11) is 0. The van der Waals surface area contributed by atoms with E-state index in [2.05, 4.69) is 0 Å². The van der Waals surface area contributed by atoms with Gasteiger partial charge in [0.1, 0.15) is 24.3 Å². The van der Waals surface area contributed by atoms with E-state index in [-0.39, 0.29) is 18.4 Å². The van der Waals surface area contributed by atoms with Crippen LogP contribution in [0.2, 0.25) is 5.02 Å². The number of imidazole rings is 1. The molecule has 4 aromatic rings. The van der Waals surface area contributed by atoms with E-state index in [0.717, 1.165) is 28.1 Å². The van der Waals surface area contributed by atoms with Crippen molar-refractivity contribution in [3.05, 3.63) is 89.2 Å². The average molecular weight is 476 g/mol. The number of fused-ring (bicyclic) bond motifs is 1. The number of nitrogens with zero attached hydrogens (tertiary/aromatic N) is 3. The predicted octanol–water partition coefficient (Wildman–Crippen LogP) is 4.96. The third-order valence-corrected chi connectivity index (χ3v) is 6.48. The number of para-hydroxylation sites is 3. The van der Waals surface area contributed by atoms with Gasteiger partial charge in [-0.1, -0.05) is 41.9 Å². The van der Waals surface area contributed by atoms with E-state index in [1.165, 1.54) is 0 Å². The van der Waals surface area contributed by atoms with Gasteiger partial charge >= 0.3 is 0 Å². The Kier molecular flexibility index (Phi) is 6.26. The number of rotatable bonds is 7. The molecule has 6 nitrogen and oxygen atoms in total. The van der Waals surface area contributed by atoms with Gasteiger partial charge in [-0.25, -0.2) is 4.98 Å². The minimum atomic E-state index is -0.753. The standard InChI is InChI=1S/C27H26ClN3O3/c1-18-6-2-4-8-24(18)30-15-19(14-26(30)33)27-29-23-7-3-5-9-25(23)31(27)16-21(32)17-34-22-12-10-20(28)11-13-22/h2-13,19,21,32H,14-17H2,1H3/t19-,21-/m0/s1. The second kappa shape index (κ2) is 9.49. The molecule has 1 aromatic heterocycles. The van der Waals surface area contributed by atoms with Gasteiger partial charge in [0.15, 0.2) is 0 Å². The van der Waals surface area contributed by atoms with Gasteiger partial charge in [0.25, 0.3) is 0 Å². The number of amides is 1. The van der Waals surface area contributed by atoms with Crippen molar-refractivity contribution >= 4 is 34.2 Å². The molecule has 1 amide bonds. The van der Waals surface area contributed by atoms with Gasteiger partial charge in [-0.05, 0) is 55.0 Å². The molecule has 0 spiro atoms. The molecule has 2 heterocycles. The molecule has 1 saturated heterocycles. The molecular formula is C27H26ClN3O3. The highest BCUT2D eigenvalue weighted by atomic mass is 35.5. The number of anilines is 1. The first-order valence-electron chi connectivity index (χ1n) is 11.4. The lowest BCUT2D eigenvalue weighted by Crippen LogP contribution is -2.27. The first kappa shape index (κ1) is 22.4. The van der Waals surface area contributed by atoms with Crippen molar-refractivity contribution < 1.29 is 14.6 Å². The normalized spacial score (nSPS) is 16.9. The summed E-state index contributed by atoms with van der Waals surface area (Å²) in [6, 6.07) is 22.8. The van der Waals surface area contributed by atoms with Crippen LogP contribution in [0.5, 0.6) is 5.75 Å². The third-order valence-electron chi connectivity index (χ3n) is 6.23. The summed E-state index contributed by atoms with van der Waals surface area (Å²) in [4.78, 5) is 19.7. The summed E-state index contributed by atoms with van der Waals surface area (Å²) >= 11 is 5.93. The van der Waals surface area contributed by atoms with Crippen molar-refractivity contribution in [3.63, 3.8) is 0 Å². The third kappa shape index (κ3) is 4.52. The molecule has 0 saturated carbocycles. The lowest BCUT2D eigenvalue weighted by atomic mass is 10.1. The van der Waals surface area contributed by atoms with Crippen molar-refractivity contribution in [3.8, 4) is 5.75 Å². The van der Waals surface area contributed by atoms with Crippen LogP contribution in [-0.2, 0) is 11.3 Å². The molecule has 174 valence electrons. The number of aromatic nitrogens is 2. The highest BCUT2D eigenvalue weighted by Gasteiger charge is 2.35. The molecule has 1 aliphatic heterocycles. The fourth-order valence-corrected chi connectivity index (χ4v) is 4.69. The van der Waals surface area contributed by atoms with E-state index < -0.39 is 6.10 Å². The fraction of sp³-hybridized carbons (Fsp3) is 0.259. The second-order valence-electron chi connectivity index (χ2n) is 8.68. The van der Waals surface area contributed by atoms with E-state index in [0.29, 0.717) is 30.3 Å². The summed E-state index contributed by atoms with van der Waals surface area (Å²) in [5.41, 5.74) is 3.80. The van der Waals surface area contributed by atoms with Crippen LogP contribution in [0.1, 0.15) is 23.7 Å². The highest BCUT2D eigenvalue weighted by Crippen LogP contribution is 2.34. The van der Waals surface area contributed by atoms with Crippen molar-refractivity contribution in [1.29, 1.82) is 0 Å². The van der Waals surface area contributed by atoms with Gasteiger partial charge in [0, 0.05) is 29.6 Å². The van der Waals surface area contributed by atoms with Crippen molar-refractivity contribution in [1.82, 2.24) is 9.55 Å². The van der Waals surface area contributed by atoms with Gasteiger partial charge in [-0.3, -0.25) is 4.79 Å². The topological polar surface area (TPSA) is 67.6 Å². The Morgan fingerprint density at radius 2 is 1.82 bits per heavy atom. The lowest BCUT2D eigenvalue weighted by Gasteiger charge is -2.20. The molecular weight excluding hydrogens is 450 g/mol. The zero-order valence-corrected chi connectivity index (χ0v) is 19.7. The SMILES string of the molecule is Cc1ccccc1N1C[C@@H](c2nc3ccccc3n2C[C@H](O)COc2ccc(Cl)cc2)CC1=O. The molecule has 0 bridgehead atoms. The Balaban J connectivity index is 1.38. The van der Waals surface area contributed by atoms with Gasteiger partial charge in [-0.15, -0.1) is 0 Å². The summed E-state index contributed by atoms with van der Waals surface area (Å²) < 4.78 is 7.78. The molecule has 1 N–H and O–H groups in total. The lowest BCUT2D eigenvalue weighted by molar-refractivity contribution is -0.117. The fourth-order valence-electron chi connectivity index (χ4n) is 4.56. The van der Waals surface area contributed by atoms with E-state index in [9.17, 15) is 9.90 Å². The Morgan fingerprint density at radius 3 is 2.62 bits per heavy atom. The molecule has 5 rings (SSSR count). The summed E-state index contributed by atoms with van der Waals surface area (Å²) in [5.74, 6) is 1.49. The molecule has 1 aliphatic rings. The number of halogens is 1. The van der Waals surface area contributed by atoms with Crippen LogP contribution >= 0.6 is 11.6 Å². The largest absolute Gasteiger partial charge is 0.491 e. The molecule has 7 heteroatoms. The van der Waals surface area contributed by atoms with Crippen LogP contribution in [0.3, 0.4) is 0 Å². The zero-order chi connectivity index (χ0) is 23.7. The van der Waals surface area contributed by atoms with Gasteiger partial charge in [-0.2, -0.15) is 0 Å². The summed E-state index contributed by atoms with van der Waals surface area (Å²) in [5, 5.41) is 11.4. The number of carbonyl (C=O) groups is 1. The van der Waals surface area contributed by atoms with Crippen LogP contribution in [0, 0.1) is 6.92 Å². The monoisotopic (exact) mass is 475 g/mol. The number of aliphatic hydroxyl groups excluding tert-OH is 1. The van der Waals surface area contributed by atoms with E-state index in [1.807, 2.05) is 64.9 Å². The molecule has 34 heavy (non-hydrogen) atoms. The van der Waals surface area contributed by atoms with Crippen molar-refractivity contribution in [2.75, 3.05) is 18.1 Å². The number of carbonyl (C=O) groups excluding carboxylic acids is 1. The molecule has 0 unspecified atom stereocenters. The number of ether oxygens (including phenoxy) is 1. The predicted molar refractivity (Wildman–Crippen MR) is 134 cm³/mol. The second-order valence-corrected chi connectivity index (χ2v) is 9.12. The zero-order valence-electron chi connectivity index (χ0n) is 18.9. The minimum absolute atomic E-state index is 0.0658. The maximum atomic E-state index is 13.0. The quantitative estimate of drug-likeness (QED) is 0.410. The van der Waals surface area contributed by atoms with Crippen LogP contribution < -0.4 is 9.64 Å². The maximum Gasteiger partial charge on any atom is 0.227 e. The molecule has 1 fully saturated rings. The maximum absolute atomic E-state index is 13.0. The highest BCUT2D eigenvalue weighted by molar-refractivity contribution is 6.30. The molecule has 0 aliphatic carbocycles. The number of hydrogen-bond donors (Lipinski definition) is 1. The van der Waals surface area contributed by atoms with Gasteiger partial charge in [0.2, 0.25) is 5.91 Å². The Labute approximate surface area is 203 Å². The van der Waals surface area contributed by atoms with Crippen molar-refractivity contribution in [2.45, 2.75) is 31.9 Å². The minimum Gasteiger partial charge on any atom is -0.491 e. The number of benzene rings is 3. The molecule has 0 radical (unpaired) electrons. The Hall–Kier alpha value is -3.35. The van der Waals surface area contributed by atoms with Crippen LogP contribution in [0.4, 0.5) is 5.69 Å². The average Bonchev–Trinajstić information content (AvgIpc) is 3.39. The summed E-state index contributed by atoms with van der Waals surface area (Å²) in [6.07, 6.45) is -0.369.